The maximum Gasteiger partial charge on any atom is 0.254 e. The second-order valence-corrected chi connectivity index (χ2v) is 4.42. The van der Waals surface area contributed by atoms with Gasteiger partial charge in [-0.05, 0) is 36.6 Å². The van der Waals surface area contributed by atoms with Crippen LogP contribution in [0.1, 0.15) is 22.3 Å². The molecule has 0 fully saturated rings. The number of hydrogen-bond acceptors (Lipinski definition) is 2. The third-order valence-electron chi connectivity index (χ3n) is 2.86. The van der Waals surface area contributed by atoms with Gasteiger partial charge in [0.2, 0.25) is 0 Å². The molecule has 0 spiro atoms. The van der Waals surface area contributed by atoms with E-state index in [-0.39, 0.29) is 5.91 Å². The number of nitrogens with zero attached hydrogens (tertiary/aromatic N) is 1. The number of nitrogens with two attached hydrogens (primary N) is 1. The minimum atomic E-state index is 0.0783. The van der Waals surface area contributed by atoms with Crippen molar-refractivity contribution in [2.24, 2.45) is 5.73 Å². The SMILES string of the molecule is NCCN1CCCc2cc(Cl)ccc2C1=O. The van der Waals surface area contributed by atoms with E-state index < -0.39 is 0 Å². The average Bonchev–Trinajstić information content (AvgIpc) is 2.40. The smallest absolute Gasteiger partial charge is 0.254 e. The predicted molar refractivity (Wildman–Crippen MR) is 64.7 cm³/mol. The fourth-order valence-corrected chi connectivity index (χ4v) is 2.27. The van der Waals surface area contributed by atoms with Gasteiger partial charge >= 0.3 is 0 Å². The zero-order valence-electron chi connectivity index (χ0n) is 9.08. The number of amides is 1. The van der Waals surface area contributed by atoms with Crippen LogP contribution >= 0.6 is 11.6 Å². The van der Waals surface area contributed by atoms with Crippen LogP contribution in [-0.2, 0) is 6.42 Å². The number of benzene rings is 1. The standard InChI is InChI=1S/C12H15ClN2O/c13-10-3-4-11-9(8-10)2-1-6-15(7-5-14)12(11)16/h3-4,8H,1-2,5-7,14H2. The van der Waals surface area contributed by atoms with Gasteiger partial charge in [-0.3, -0.25) is 4.79 Å². The summed E-state index contributed by atoms with van der Waals surface area (Å²) in [6.45, 7) is 1.91. The van der Waals surface area contributed by atoms with Gasteiger partial charge in [-0.25, -0.2) is 0 Å². The molecule has 1 aromatic carbocycles. The first-order chi connectivity index (χ1) is 7.72. The molecule has 1 amide bonds. The summed E-state index contributed by atoms with van der Waals surface area (Å²) in [5.41, 5.74) is 7.33. The van der Waals surface area contributed by atoms with Crippen LogP contribution in [-0.4, -0.2) is 30.4 Å². The fourth-order valence-electron chi connectivity index (χ4n) is 2.08. The molecule has 0 aliphatic carbocycles. The number of hydrogen-bond donors (Lipinski definition) is 1. The number of rotatable bonds is 2. The van der Waals surface area contributed by atoms with Crippen molar-refractivity contribution in [1.82, 2.24) is 4.90 Å². The molecular weight excluding hydrogens is 224 g/mol. The first kappa shape index (κ1) is 11.4. The molecule has 0 unspecified atom stereocenters. The van der Waals surface area contributed by atoms with Crippen molar-refractivity contribution < 1.29 is 4.79 Å². The molecule has 1 heterocycles. The van der Waals surface area contributed by atoms with Gasteiger partial charge in [0.1, 0.15) is 0 Å². The maximum absolute atomic E-state index is 12.2. The van der Waals surface area contributed by atoms with Crippen LogP contribution in [0.4, 0.5) is 0 Å². The van der Waals surface area contributed by atoms with Gasteiger partial charge < -0.3 is 10.6 Å². The van der Waals surface area contributed by atoms with Crippen LogP contribution in [0.5, 0.6) is 0 Å². The summed E-state index contributed by atoms with van der Waals surface area (Å²) in [6, 6.07) is 5.47. The van der Waals surface area contributed by atoms with Crippen LogP contribution in [0.15, 0.2) is 18.2 Å². The van der Waals surface area contributed by atoms with Crippen molar-refractivity contribution in [3.63, 3.8) is 0 Å². The third-order valence-corrected chi connectivity index (χ3v) is 3.09. The monoisotopic (exact) mass is 238 g/mol. The van der Waals surface area contributed by atoms with E-state index in [2.05, 4.69) is 0 Å². The van der Waals surface area contributed by atoms with Crippen LogP contribution < -0.4 is 5.73 Å². The molecule has 0 aromatic heterocycles. The van der Waals surface area contributed by atoms with E-state index in [1.165, 1.54) is 0 Å². The first-order valence-corrected chi connectivity index (χ1v) is 5.88. The molecule has 3 nitrogen and oxygen atoms in total. The van der Waals surface area contributed by atoms with Crippen molar-refractivity contribution in [2.45, 2.75) is 12.8 Å². The number of fused-ring (bicyclic) bond motifs is 1. The lowest BCUT2D eigenvalue weighted by molar-refractivity contribution is 0.0766. The van der Waals surface area contributed by atoms with Crippen molar-refractivity contribution in [3.05, 3.63) is 34.3 Å². The summed E-state index contributed by atoms with van der Waals surface area (Å²) in [5, 5.41) is 0.693. The Labute approximate surface area is 100 Å². The Bertz CT molecular complexity index is 406. The van der Waals surface area contributed by atoms with E-state index in [1.54, 1.807) is 6.07 Å². The minimum absolute atomic E-state index is 0.0783. The average molecular weight is 239 g/mol. The molecule has 2 N–H and O–H groups in total. The summed E-state index contributed by atoms with van der Waals surface area (Å²) in [4.78, 5) is 14.0. The van der Waals surface area contributed by atoms with Crippen LogP contribution in [0, 0.1) is 0 Å². The van der Waals surface area contributed by atoms with Gasteiger partial charge in [0.05, 0.1) is 0 Å². The molecule has 1 aromatic rings. The van der Waals surface area contributed by atoms with Crippen molar-refractivity contribution >= 4 is 17.5 Å². The summed E-state index contributed by atoms with van der Waals surface area (Å²) in [5.74, 6) is 0.0783. The van der Waals surface area contributed by atoms with Crippen LogP contribution in [0.2, 0.25) is 5.02 Å². The van der Waals surface area contributed by atoms with Gasteiger partial charge in [-0.15, -0.1) is 0 Å². The number of carbonyl (C=O) groups excluding carboxylic acids is 1. The summed E-state index contributed by atoms with van der Waals surface area (Å²) >= 11 is 5.93. The molecule has 1 aliphatic rings. The van der Waals surface area contributed by atoms with Gasteiger partial charge in [-0.2, -0.15) is 0 Å². The van der Waals surface area contributed by atoms with E-state index >= 15 is 0 Å². The molecule has 16 heavy (non-hydrogen) atoms. The topological polar surface area (TPSA) is 46.3 Å². The van der Waals surface area contributed by atoms with Gasteiger partial charge in [0.25, 0.3) is 5.91 Å². The Morgan fingerprint density at radius 3 is 3.00 bits per heavy atom. The highest BCUT2D eigenvalue weighted by atomic mass is 35.5. The lowest BCUT2D eigenvalue weighted by Crippen LogP contribution is -2.35. The van der Waals surface area contributed by atoms with E-state index in [4.69, 9.17) is 17.3 Å². The predicted octanol–water partition coefficient (Wildman–Crippen LogP) is 1.69. The second-order valence-electron chi connectivity index (χ2n) is 3.99. The summed E-state index contributed by atoms with van der Waals surface area (Å²) in [6.07, 6.45) is 1.88. The quantitative estimate of drug-likeness (QED) is 0.852. The van der Waals surface area contributed by atoms with Crippen LogP contribution in [0.25, 0.3) is 0 Å². The normalized spacial score (nSPS) is 15.9. The maximum atomic E-state index is 12.2. The van der Waals surface area contributed by atoms with E-state index in [0.29, 0.717) is 18.1 Å². The summed E-state index contributed by atoms with van der Waals surface area (Å²) < 4.78 is 0. The minimum Gasteiger partial charge on any atom is -0.337 e. The molecule has 0 saturated heterocycles. The van der Waals surface area contributed by atoms with Crippen molar-refractivity contribution in [3.8, 4) is 0 Å². The molecule has 1 aliphatic heterocycles. The zero-order chi connectivity index (χ0) is 11.5. The second kappa shape index (κ2) is 4.85. The molecule has 2 rings (SSSR count). The summed E-state index contributed by atoms with van der Waals surface area (Å²) in [7, 11) is 0. The van der Waals surface area contributed by atoms with Crippen molar-refractivity contribution in [2.75, 3.05) is 19.6 Å². The van der Waals surface area contributed by atoms with Gasteiger partial charge in [-0.1, -0.05) is 11.6 Å². The molecule has 86 valence electrons. The Hall–Kier alpha value is -1.06. The van der Waals surface area contributed by atoms with Gasteiger partial charge in [0, 0.05) is 30.2 Å². The Morgan fingerprint density at radius 2 is 2.25 bits per heavy atom. The molecule has 0 saturated carbocycles. The number of aryl methyl sites for hydroxylation is 1. The first-order valence-electron chi connectivity index (χ1n) is 5.50. The number of halogens is 1. The zero-order valence-corrected chi connectivity index (χ0v) is 9.83. The fraction of sp³-hybridized carbons (Fsp3) is 0.417. The third kappa shape index (κ3) is 2.20. The molecule has 0 atom stereocenters. The largest absolute Gasteiger partial charge is 0.337 e. The van der Waals surface area contributed by atoms with Crippen LogP contribution in [0.3, 0.4) is 0 Å². The Balaban J connectivity index is 2.33. The highest BCUT2D eigenvalue weighted by Gasteiger charge is 2.21. The lowest BCUT2D eigenvalue weighted by Gasteiger charge is -2.19. The van der Waals surface area contributed by atoms with Gasteiger partial charge in [0.15, 0.2) is 0 Å². The molecule has 0 bridgehead atoms. The van der Waals surface area contributed by atoms with E-state index in [1.807, 2.05) is 17.0 Å². The lowest BCUT2D eigenvalue weighted by atomic mass is 10.0. The van der Waals surface area contributed by atoms with Crippen molar-refractivity contribution in [1.29, 1.82) is 0 Å². The highest BCUT2D eigenvalue weighted by Crippen LogP contribution is 2.22. The number of carbonyl (C=O) groups is 1. The molecule has 4 heteroatoms. The molecular formula is C12H15ClN2O. The van der Waals surface area contributed by atoms with E-state index in [0.717, 1.165) is 30.5 Å². The highest BCUT2D eigenvalue weighted by molar-refractivity contribution is 6.30. The Morgan fingerprint density at radius 1 is 1.44 bits per heavy atom. The Kier molecular flexibility index (Phi) is 3.46. The van der Waals surface area contributed by atoms with E-state index in [9.17, 15) is 4.79 Å². The molecule has 0 radical (unpaired) electrons.